The van der Waals surface area contributed by atoms with Crippen LogP contribution in [0.2, 0.25) is 0 Å². The molecule has 0 heterocycles. The van der Waals surface area contributed by atoms with Gasteiger partial charge in [-0.2, -0.15) is 0 Å². The molecule has 1 nitrogen and oxygen atoms in total. The highest BCUT2D eigenvalue weighted by atomic mass is 14.9. The van der Waals surface area contributed by atoms with Crippen LogP contribution >= 0.6 is 0 Å². The van der Waals surface area contributed by atoms with Gasteiger partial charge in [-0.3, -0.25) is 0 Å². The molecule has 2 aromatic carbocycles. The van der Waals surface area contributed by atoms with Gasteiger partial charge in [-0.25, -0.2) is 0 Å². The van der Waals surface area contributed by atoms with Gasteiger partial charge in [0.2, 0.25) is 0 Å². The Morgan fingerprint density at radius 1 is 0.828 bits per heavy atom. The fraction of sp³-hybridized carbons (Fsp3) is 0.571. The van der Waals surface area contributed by atoms with Crippen molar-refractivity contribution in [1.82, 2.24) is 0 Å². The molecule has 0 aromatic heterocycles. The highest BCUT2D eigenvalue weighted by Crippen LogP contribution is 2.39. The van der Waals surface area contributed by atoms with Crippen molar-refractivity contribution in [2.45, 2.75) is 90.9 Å². The third-order valence-electron chi connectivity index (χ3n) is 6.84. The van der Waals surface area contributed by atoms with E-state index in [1.807, 2.05) is 0 Å². The molecule has 0 bridgehead atoms. The van der Waals surface area contributed by atoms with Gasteiger partial charge in [0.15, 0.2) is 0 Å². The summed E-state index contributed by atoms with van der Waals surface area (Å²) < 4.78 is 0. The Kier molecular flexibility index (Phi) is 8.65. The zero-order valence-corrected chi connectivity index (χ0v) is 19.0. The van der Waals surface area contributed by atoms with Crippen LogP contribution in [0.15, 0.2) is 42.5 Å². The lowest BCUT2D eigenvalue weighted by Crippen LogP contribution is -2.13. The lowest BCUT2D eigenvalue weighted by Gasteiger charge is -2.29. The molecular formula is C28H41N. The number of hydrogen-bond acceptors (Lipinski definition) is 1. The van der Waals surface area contributed by atoms with Gasteiger partial charge in [0.05, 0.1) is 0 Å². The van der Waals surface area contributed by atoms with E-state index in [4.69, 9.17) is 0 Å². The molecule has 1 N–H and O–H groups in total. The van der Waals surface area contributed by atoms with Gasteiger partial charge in [0.25, 0.3) is 0 Å². The molecule has 158 valence electrons. The van der Waals surface area contributed by atoms with E-state index in [2.05, 4.69) is 68.6 Å². The minimum atomic E-state index is 0.773. The molecule has 1 fully saturated rings. The van der Waals surface area contributed by atoms with E-state index in [0.29, 0.717) is 0 Å². The van der Waals surface area contributed by atoms with Crippen LogP contribution in [-0.2, 0) is 0 Å². The Bertz CT molecular complexity index is 722. The first-order chi connectivity index (χ1) is 14.2. The highest BCUT2D eigenvalue weighted by Gasteiger charge is 2.22. The maximum atomic E-state index is 3.51. The largest absolute Gasteiger partial charge is 0.385 e. The molecule has 0 amide bonds. The minimum Gasteiger partial charge on any atom is -0.385 e. The predicted octanol–water partition coefficient (Wildman–Crippen LogP) is 8.73. The van der Waals surface area contributed by atoms with Crippen LogP contribution in [0.4, 0.5) is 5.69 Å². The SMILES string of the molecule is CCCCCC1CCC(c2ccc(-c3ccc(NCCCC)cc3)c(C)c2)CC1. The smallest absolute Gasteiger partial charge is 0.0340 e. The van der Waals surface area contributed by atoms with Crippen LogP contribution in [0.1, 0.15) is 95.1 Å². The van der Waals surface area contributed by atoms with Crippen LogP contribution in [0.25, 0.3) is 11.1 Å². The first-order valence-corrected chi connectivity index (χ1v) is 12.2. The minimum absolute atomic E-state index is 0.773. The van der Waals surface area contributed by atoms with E-state index < -0.39 is 0 Å². The fourth-order valence-electron chi connectivity index (χ4n) is 4.91. The lowest BCUT2D eigenvalue weighted by atomic mass is 9.76. The van der Waals surface area contributed by atoms with E-state index in [1.54, 1.807) is 5.56 Å². The molecule has 29 heavy (non-hydrogen) atoms. The van der Waals surface area contributed by atoms with Crippen molar-refractivity contribution in [2.24, 2.45) is 5.92 Å². The molecule has 0 aliphatic heterocycles. The van der Waals surface area contributed by atoms with Crippen molar-refractivity contribution in [3.05, 3.63) is 53.6 Å². The van der Waals surface area contributed by atoms with Crippen LogP contribution in [0.3, 0.4) is 0 Å². The lowest BCUT2D eigenvalue weighted by molar-refractivity contribution is 0.303. The average molecular weight is 392 g/mol. The van der Waals surface area contributed by atoms with Crippen molar-refractivity contribution in [2.75, 3.05) is 11.9 Å². The Balaban J connectivity index is 1.58. The van der Waals surface area contributed by atoms with Crippen molar-refractivity contribution < 1.29 is 0 Å². The van der Waals surface area contributed by atoms with E-state index in [1.165, 1.54) is 86.6 Å². The average Bonchev–Trinajstić information content (AvgIpc) is 2.75. The van der Waals surface area contributed by atoms with Gasteiger partial charge < -0.3 is 5.32 Å². The molecule has 0 unspecified atom stereocenters. The molecule has 0 spiro atoms. The second kappa shape index (κ2) is 11.4. The normalized spacial score (nSPS) is 19.3. The van der Waals surface area contributed by atoms with Crippen LogP contribution < -0.4 is 5.32 Å². The third kappa shape index (κ3) is 6.36. The molecule has 0 atom stereocenters. The van der Waals surface area contributed by atoms with Gasteiger partial charge in [-0.1, -0.05) is 76.3 Å². The molecule has 1 aliphatic carbocycles. The van der Waals surface area contributed by atoms with Crippen molar-refractivity contribution in [3.8, 4) is 11.1 Å². The molecule has 3 rings (SSSR count). The summed E-state index contributed by atoms with van der Waals surface area (Å²) in [6.07, 6.45) is 13.7. The molecule has 0 radical (unpaired) electrons. The summed E-state index contributed by atoms with van der Waals surface area (Å²) in [7, 11) is 0. The number of aryl methyl sites for hydroxylation is 1. The zero-order chi connectivity index (χ0) is 20.5. The molecule has 1 heteroatoms. The third-order valence-corrected chi connectivity index (χ3v) is 6.84. The first kappa shape index (κ1) is 21.9. The maximum absolute atomic E-state index is 3.51. The van der Waals surface area contributed by atoms with E-state index >= 15 is 0 Å². The second-order valence-corrected chi connectivity index (χ2v) is 9.15. The first-order valence-electron chi connectivity index (χ1n) is 12.2. The molecule has 1 saturated carbocycles. The summed E-state index contributed by atoms with van der Waals surface area (Å²) in [6.45, 7) is 7.88. The molecule has 2 aromatic rings. The maximum Gasteiger partial charge on any atom is 0.0340 e. The Hall–Kier alpha value is -1.76. The van der Waals surface area contributed by atoms with Gasteiger partial charge in [-0.15, -0.1) is 0 Å². The Morgan fingerprint density at radius 3 is 2.21 bits per heavy atom. The number of rotatable bonds is 10. The Morgan fingerprint density at radius 2 is 1.55 bits per heavy atom. The van der Waals surface area contributed by atoms with Gasteiger partial charge in [0.1, 0.15) is 0 Å². The summed E-state index contributed by atoms with van der Waals surface area (Å²) in [5.74, 6) is 1.76. The van der Waals surface area contributed by atoms with Crippen LogP contribution in [-0.4, -0.2) is 6.54 Å². The number of unbranched alkanes of at least 4 members (excludes halogenated alkanes) is 3. The van der Waals surface area contributed by atoms with E-state index in [0.717, 1.165) is 18.4 Å². The molecular weight excluding hydrogens is 350 g/mol. The van der Waals surface area contributed by atoms with E-state index in [9.17, 15) is 0 Å². The van der Waals surface area contributed by atoms with Crippen LogP contribution in [0, 0.1) is 12.8 Å². The van der Waals surface area contributed by atoms with Crippen molar-refractivity contribution in [3.63, 3.8) is 0 Å². The summed E-state index contributed by atoms with van der Waals surface area (Å²) in [6, 6.07) is 16.2. The number of benzene rings is 2. The zero-order valence-electron chi connectivity index (χ0n) is 19.0. The highest BCUT2D eigenvalue weighted by molar-refractivity contribution is 5.69. The monoisotopic (exact) mass is 391 g/mol. The molecule has 1 aliphatic rings. The number of anilines is 1. The quantitative estimate of drug-likeness (QED) is 0.399. The van der Waals surface area contributed by atoms with Gasteiger partial charge in [0, 0.05) is 12.2 Å². The van der Waals surface area contributed by atoms with Crippen LogP contribution in [0.5, 0.6) is 0 Å². The summed E-state index contributed by atoms with van der Waals surface area (Å²) in [5.41, 5.74) is 6.92. The van der Waals surface area contributed by atoms with Crippen molar-refractivity contribution >= 4 is 5.69 Å². The van der Waals surface area contributed by atoms with Gasteiger partial charge in [-0.05, 0) is 85.3 Å². The predicted molar refractivity (Wildman–Crippen MR) is 129 cm³/mol. The summed E-state index contributed by atoms with van der Waals surface area (Å²) in [5, 5.41) is 3.51. The topological polar surface area (TPSA) is 12.0 Å². The number of hydrogen-bond donors (Lipinski definition) is 1. The van der Waals surface area contributed by atoms with Crippen molar-refractivity contribution in [1.29, 1.82) is 0 Å². The number of nitrogens with one attached hydrogen (secondary N) is 1. The summed E-state index contributed by atoms with van der Waals surface area (Å²) >= 11 is 0. The standard InChI is InChI=1S/C28H41N/c1-4-6-8-9-23-10-12-24(13-11-23)26-16-19-28(22(3)21-26)25-14-17-27(18-15-25)29-20-7-5-2/h14-19,21,23-24,29H,4-13,20H2,1-3H3. The van der Waals surface area contributed by atoms with Gasteiger partial charge >= 0.3 is 0 Å². The second-order valence-electron chi connectivity index (χ2n) is 9.15. The fourth-order valence-corrected chi connectivity index (χ4v) is 4.91. The summed E-state index contributed by atoms with van der Waals surface area (Å²) in [4.78, 5) is 0. The van der Waals surface area contributed by atoms with E-state index in [-0.39, 0.29) is 0 Å². The Labute approximate surface area is 179 Å². The molecule has 0 saturated heterocycles.